The maximum Gasteiger partial charge on any atom is 0.427 e. The average molecular weight is 188 g/mol. The molecule has 1 aliphatic rings. The first-order valence-electron chi connectivity index (χ1n) is 3.95. The van der Waals surface area contributed by atoms with Crippen molar-refractivity contribution < 1.29 is 9.53 Å². The van der Waals surface area contributed by atoms with E-state index in [1.54, 1.807) is 18.7 Å². The molecule has 0 atom stereocenters. The van der Waals surface area contributed by atoms with Crippen molar-refractivity contribution in [3.8, 4) is 0 Å². The maximum atomic E-state index is 10.8. The lowest BCUT2D eigenvalue weighted by Gasteiger charge is -1.99. The fourth-order valence-corrected chi connectivity index (χ4v) is 1.77. The van der Waals surface area contributed by atoms with Crippen molar-refractivity contribution in [2.24, 2.45) is 5.10 Å². The summed E-state index contributed by atoms with van der Waals surface area (Å²) in [5.74, 6) is 1.10. The molecule has 1 aliphatic heterocycles. The van der Waals surface area contributed by atoms with Gasteiger partial charge in [0.25, 0.3) is 0 Å². The van der Waals surface area contributed by atoms with Crippen LogP contribution in [-0.2, 0) is 4.74 Å². The third-order valence-electron chi connectivity index (χ3n) is 1.35. The summed E-state index contributed by atoms with van der Waals surface area (Å²) >= 11 is 1.68. The number of carbonyl (C=O) groups excluding carboxylic acids is 1. The van der Waals surface area contributed by atoms with Crippen LogP contribution in [0.1, 0.15) is 19.8 Å². The summed E-state index contributed by atoms with van der Waals surface area (Å²) < 4.78 is 4.64. The Hall–Kier alpha value is -0.710. The number of hydrazone groups is 1. The Labute approximate surface area is 75.7 Å². The summed E-state index contributed by atoms with van der Waals surface area (Å²) in [6.45, 7) is 2.14. The van der Waals surface area contributed by atoms with E-state index in [-0.39, 0.29) is 0 Å². The second-order valence-electron chi connectivity index (χ2n) is 2.29. The third-order valence-corrected chi connectivity index (χ3v) is 2.47. The molecule has 12 heavy (non-hydrogen) atoms. The fourth-order valence-electron chi connectivity index (χ4n) is 0.845. The van der Waals surface area contributed by atoms with Crippen LogP contribution in [0.2, 0.25) is 0 Å². The lowest BCUT2D eigenvalue weighted by atomic mass is 10.4. The largest absolute Gasteiger partial charge is 0.449 e. The van der Waals surface area contributed by atoms with E-state index in [0.717, 1.165) is 23.6 Å². The molecule has 0 aromatic heterocycles. The van der Waals surface area contributed by atoms with Crippen molar-refractivity contribution in [2.45, 2.75) is 19.8 Å². The van der Waals surface area contributed by atoms with Gasteiger partial charge < -0.3 is 4.74 Å². The minimum atomic E-state index is -0.475. The van der Waals surface area contributed by atoms with E-state index in [9.17, 15) is 4.79 Å². The highest BCUT2D eigenvalue weighted by Crippen LogP contribution is 2.19. The molecule has 1 N–H and O–H groups in total. The molecule has 4 nitrogen and oxygen atoms in total. The Morgan fingerprint density at radius 3 is 3.25 bits per heavy atom. The summed E-state index contributed by atoms with van der Waals surface area (Å²) in [6.07, 6.45) is 1.64. The van der Waals surface area contributed by atoms with E-state index in [1.807, 2.05) is 0 Å². The third kappa shape index (κ3) is 3.13. The lowest BCUT2D eigenvalue weighted by molar-refractivity contribution is 0.152. The zero-order valence-electron chi connectivity index (χ0n) is 7.00. The molecule has 1 saturated heterocycles. The molecule has 0 spiro atoms. The Morgan fingerprint density at radius 2 is 2.67 bits per heavy atom. The Morgan fingerprint density at radius 1 is 1.83 bits per heavy atom. The molecule has 1 amide bonds. The normalized spacial score (nSPS) is 19.6. The number of nitrogens with one attached hydrogen (secondary N) is 1. The van der Waals surface area contributed by atoms with Crippen LogP contribution in [0.5, 0.6) is 0 Å². The summed E-state index contributed by atoms with van der Waals surface area (Å²) in [5, 5.41) is 4.89. The predicted octanol–water partition coefficient (Wildman–Crippen LogP) is 1.57. The van der Waals surface area contributed by atoms with Gasteiger partial charge in [-0.15, -0.1) is 11.8 Å². The highest BCUT2D eigenvalue weighted by molar-refractivity contribution is 8.14. The van der Waals surface area contributed by atoms with Gasteiger partial charge >= 0.3 is 6.09 Å². The number of carbonyl (C=O) groups is 1. The topological polar surface area (TPSA) is 50.7 Å². The number of thioether (sulfide) groups is 1. The second-order valence-corrected chi connectivity index (χ2v) is 3.46. The van der Waals surface area contributed by atoms with Gasteiger partial charge in [-0.2, -0.15) is 5.10 Å². The zero-order valence-corrected chi connectivity index (χ0v) is 7.82. The van der Waals surface area contributed by atoms with Crippen molar-refractivity contribution in [1.29, 1.82) is 0 Å². The molecule has 1 fully saturated rings. The summed E-state index contributed by atoms with van der Waals surface area (Å²) in [4.78, 5) is 10.8. The first kappa shape index (κ1) is 9.38. The molecule has 0 unspecified atom stereocenters. The molecule has 0 aliphatic carbocycles. The first-order valence-corrected chi connectivity index (χ1v) is 4.93. The van der Waals surface area contributed by atoms with Gasteiger partial charge in [0.1, 0.15) is 0 Å². The van der Waals surface area contributed by atoms with Crippen LogP contribution in [-0.4, -0.2) is 23.5 Å². The van der Waals surface area contributed by atoms with Crippen molar-refractivity contribution in [3.05, 3.63) is 0 Å². The van der Waals surface area contributed by atoms with E-state index >= 15 is 0 Å². The minimum Gasteiger partial charge on any atom is -0.449 e. The first-order chi connectivity index (χ1) is 5.83. The highest BCUT2D eigenvalue weighted by Gasteiger charge is 2.09. The SMILES string of the molecule is CCOC(=O)N/N=C1\CCCS1. The van der Waals surface area contributed by atoms with Gasteiger partial charge in [0.05, 0.1) is 11.7 Å². The zero-order chi connectivity index (χ0) is 8.81. The molecule has 1 heterocycles. The Balaban J connectivity index is 2.22. The molecular formula is C7H12N2O2S. The molecular weight excluding hydrogens is 176 g/mol. The number of nitrogens with zero attached hydrogens (tertiary/aromatic N) is 1. The van der Waals surface area contributed by atoms with Gasteiger partial charge in [0.15, 0.2) is 0 Å². The number of ether oxygens (including phenoxy) is 1. The van der Waals surface area contributed by atoms with Crippen molar-refractivity contribution in [3.63, 3.8) is 0 Å². The molecule has 0 saturated carbocycles. The quantitative estimate of drug-likeness (QED) is 0.669. The van der Waals surface area contributed by atoms with Crippen LogP contribution in [0.3, 0.4) is 0 Å². The van der Waals surface area contributed by atoms with Gasteiger partial charge in [-0.05, 0) is 25.5 Å². The smallest absolute Gasteiger partial charge is 0.427 e. The summed E-state index contributed by atoms with van der Waals surface area (Å²) in [6, 6.07) is 0. The van der Waals surface area contributed by atoms with Gasteiger partial charge in [0.2, 0.25) is 0 Å². The maximum absolute atomic E-state index is 10.8. The number of hydrogen-bond acceptors (Lipinski definition) is 4. The van der Waals surface area contributed by atoms with Crippen LogP contribution in [0.15, 0.2) is 5.10 Å². The van der Waals surface area contributed by atoms with Crippen LogP contribution >= 0.6 is 11.8 Å². The number of rotatable bonds is 2. The molecule has 5 heteroatoms. The van der Waals surface area contributed by atoms with Crippen molar-refractivity contribution in [1.82, 2.24) is 5.43 Å². The van der Waals surface area contributed by atoms with Crippen LogP contribution < -0.4 is 5.43 Å². The molecule has 68 valence electrons. The van der Waals surface area contributed by atoms with Crippen molar-refractivity contribution >= 4 is 22.9 Å². The van der Waals surface area contributed by atoms with E-state index in [4.69, 9.17) is 0 Å². The van der Waals surface area contributed by atoms with Gasteiger partial charge in [0, 0.05) is 0 Å². The standard InChI is InChI=1S/C7H12N2O2S/c1-2-11-7(10)9-8-6-4-3-5-12-6/h2-5H2,1H3,(H,9,10)/b8-6+. The number of hydrogen-bond donors (Lipinski definition) is 1. The molecule has 0 aromatic rings. The number of amides is 1. The Bertz CT molecular complexity index is 186. The fraction of sp³-hybridized carbons (Fsp3) is 0.714. The summed E-state index contributed by atoms with van der Waals surface area (Å²) in [5.41, 5.74) is 2.33. The molecule has 0 radical (unpaired) electrons. The second kappa shape index (κ2) is 5.03. The Kier molecular flexibility index (Phi) is 3.93. The van der Waals surface area contributed by atoms with E-state index in [2.05, 4.69) is 15.3 Å². The van der Waals surface area contributed by atoms with Crippen LogP contribution in [0, 0.1) is 0 Å². The van der Waals surface area contributed by atoms with Gasteiger partial charge in [-0.3, -0.25) is 0 Å². The molecule has 0 aromatic carbocycles. The van der Waals surface area contributed by atoms with Crippen molar-refractivity contribution in [2.75, 3.05) is 12.4 Å². The molecule has 0 bridgehead atoms. The van der Waals surface area contributed by atoms with Gasteiger partial charge in [-0.25, -0.2) is 10.2 Å². The predicted molar refractivity (Wildman–Crippen MR) is 49.3 cm³/mol. The minimum absolute atomic E-state index is 0.379. The average Bonchev–Trinajstić information content (AvgIpc) is 2.53. The van der Waals surface area contributed by atoms with E-state index in [0.29, 0.717) is 6.61 Å². The van der Waals surface area contributed by atoms with E-state index in [1.165, 1.54) is 0 Å². The van der Waals surface area contributed by atoms with Crippen LogP contribution in [0.25, 0.3) is 0 Å². The lowest BCUT2D eigenvalue weighted by Crippen LogP contribution is -2.19. The van der Waals surface area contributed by atoms with Crippen LogP contribution in [0.4, 0.5) is 4.79 Å². The highest BCUT2D eigenvalue weighted by atomic mass is 32.2. The summed E-state index contributed by atoms with van der Waals surface area (Å²) in [7, 11) is 0. The monoisotopic (exact) mass is 188 g/mol. The van der Waals surface area contributed by atoms with Gasteiger partial charge in [-0.1, -0.05) is 0 Å². The molecule has 1 rings (SSSR count). The van der Waals surface area contributed by atoms with E-state index < -0.39 is 6.09 Å².